The first-order valence-corrected chi connectivity index (χ1v) is 5.90. The van der Waals surface area contributed by atoms with Gasteiger partial charge in [-0.15, -0.1) is 0 Å². The van der Waals surface area contributed by atoms with Gasteiger partial charge >= 0.3 is 0 Å². The van der Waals surface area contributed by atoms with Crippen LogP contribution in [0, 0.1) is 0 Å². The summed E-state index contributed by atoms with van der Waals surface area (Å²) in [7, 11) is 4.58. The number of carbonyl (C=O) groups is 1. The number of hydrogen-bond donors (Lipinski definition) is 0. The third kappa shape index (κ3) is 2.26. The summed E-state index contributed by atoms with van der Waals surface area (Å²) in [5.74, 6) is 2.15. The molecule has 92 valence electrons. The van der Waals surface area contributed by atoms with Crippen molar-refractivity contribution in [3.63, 3.8) is 0 Å². The van der Waals surface area contributed by atoms with E-state index in [1.165, 1.54) is 33.3 Å². The monoisotopic (exact) mass is 255 g/mol. The van der Waals surface area contributed by atoms with Crippen molar-refractivity contribution in [1.29, 1.82) is 0 Å². The van der Waals surface area contributed by atoms with E-state index in [1.807, 2.05) is 0 Å². The highest BCUT2D eigenvalue weighted by atomic mass is 32.2. The maximum absolute atomic E-state index is 11.9. The molecule has 1 aliphatic heterocycles. The molecule has 5 nitrogen and oxygen atoms in total. The molecular formula is C11H13NO4S. The van der Waals surface area contributed by atoms with E-state index in [1.54, 1.807) is 16.4 Å². The first-order valence-electron chi connectivity index (χ1n) is 4.96. The number of hydrogen-bond acceptors (Lipinski definition) is 5. The van der Waals surface area contributed by atoms with E-state index in [0.29, 0.717) is 22.8 Å². The highest BCUT2D eigenvalue weighted by Gasteiger charge is 2.28. The van der Waals surface area contributed by atoms with Crippen LogP contribution in [0.3, 0.4) is 0 Å². The number of ether oxygens (including phenoxy) is 3. The van der Waals surface area contributed by atoms with Crippen molar-refractivity contribution in [2.75, 3.05) is 27.2 Å². The summed E-state index contributed by atoms with van der Waals surface area (Å²) in [6, 6.07) is 3.31. The summed E-state index contributed by atoms with van der Waals surface area (Å²) in [4.78, 5) is 11.9. The lowest BCUT2D eigenvalue weighted by atomic mass is 10.1. The maximum atomic E-state index is 11.9. The van der Waals surface area contributed by atoms with Crippen molar-refractivity contribution in [2.45, 2.75) is 0 Å². The van der Waals surface area contributed by atoms with Crippen molar-refractivity contribution < 1.29 is 19.0 Å². The quantitative estimate of drug-likeness (QED) is 0.606. The molecule has 1 aliphatic rings. The Morgan fingerprint density at radius 1 is 1.18 bits per heavy atom. The molecule has 2 rings (SSSR count). The predicted molar refractivity (Wildman–Crippen MR) is 64.7 cm³/mol. The van der Waals surface area contributed by atoms with Gasteiger partial charge < -0.3 is 14.2 Å². The van der Waals surface area contributed by atoms with Crippen molar-refractivity contribution in [3.8, 4) is 17.2 Å². The molecule has 0 aliphatic carbocycles. The van der Waals surface area contributed by atoms with Gasteiger partial charge in [-0.05, 0) is 24.1 Å². The molecule has 1 fully saturated rings. The summed E-state index contributed by atoms with van der Waals surface area (Å²) in [5, 5.41) is 0. The first kappa shape index (κ1) is 11.9. The van der Waals surface area contributed by atoms with Crippen LogP contribution in [0.2, 0.25) is 0 Å². The Kier molecular flexibility index (Phi) is 3.33. The second-order valence-corrected chi connectivity index (χ2v) is 4.31. The first-order chi connectivity index (χ1) is 8.21. The van der Waals surface area contributed by atoms with Gasteiger partial charge in [-0.2, -0.15) is 0 Å². The van der Waals surface area contributed by atoms with E-state index >= 15 is 0 Å². The molecule has 1 aromatic rings. The highest BCUT2D eigenvalue weighted by molar-refractivity contribution is 8.03. The minimum atomic E-state index is -0.0470. The molecule has 0 radical (unpaired) electrons. The molecule has 6 heteroatoms. The van der Waals surface area contributed by atoms with E-state index in [9.17, 15) is 4.79 Å². The zero-order valence-electron chi connectivity index (χ0n) is 9.85. The molecule has 0 unspecified atom stereocenters. The van der Waals surface area contributed by atoms with Gasteiger partial charge in [0.05, 0.1) is 27.2 Å². The zero-order valence-corrected chi connectivity index (χ0v) is 10.7. The van der Waals surface area contributed by atoms with Gasteiger partial charge in [0.25, 0.3) is 5.91 Å². The Bertz CT molecular complexity index is 420. The van der Waals surface area contributed by atoms with Crippen LogP contribution in [0.5, 0.6) is 17.2 Å². The second kappa shape index (κ2) is 4.75. The highest BCUT2D eigenvalue weighted by Crippen LogP contribution is 2.40. The molecule has 0 bridgehead atoms. The lowest BCUT2D eigenvalue weighted by molar-refractivity contribution is 0.0908. The molecule has 17 heavy (non-hydrogen) atoms. The molecule has 1 heterocycles. The Balaban J connectivity index is 2.43. The number of carbonyl (C=O) groups excluding carboxylic acids is 1. The van der Waals surface area contributed by atoms with Crippen molar-refractivity contribution in [1.82, 2.24) is 4.31 Å². The second-order valence-electron chi connectivity index (χ2n) is 3.36. The Morgan fingerprint density at radius 3 is 2.06 bits per heavy atom. The molecule has 0 N–H and O–H groups in total. The number of methoxy groups -OCH3 is 3. The van der Waals surface area contributed by atoms with Gasteiger partial charge in [0, 0.05) is 5.56 Å². The standard InChI is InChI=1S/C11H13NO4S/c1-14-8-4-7(11(13)12-6-17-12)5-9(15-2)10(8)16-3/h4-5H,6H2,1-3H3. The molecule has 1 amide bonds. The largest absolute Gasteiger partial charge is 0.493 e. The molecule has 0 spiro atoms. The van der Waals surface area contributed by atoms with Gasteiger partial charge in [0.1, 0.15) is 0 Å². The van der Waals surface area contributed by atoms with Crippen LogP contribution in [0.25, 0.3) is 0 Å². The van der Waals surface area contributed by atoms with Gasteiger partial charge in [-0.1, -0.05) is 0 Å². The topological polar surface area (TPSA) is 47.8 Å². The van der Waals surface area contributed by atoms with Crippen LogP contribution in [-0.4, -0.2) is 37.4 Å². The van der Waals surface area contributed by atoms with Gasteiger partial charge in [0.15, 0.2) is 11.5 Å². The van der Waals surface area contributed by atoms with Gasteiger partial charge in [0.2, 0.25) is 5.75 Å². The van der Waals surface area contributed by atoms with Gasteiger partial charge in [-0.3, -0.25) is 9.10 Å². The van der Waals surface area contributed by atoms with Crippen molar-refractivity contribution >= 4 is 17.9 Å². The molecule has 1 saturated heterocycles. The Morgan fingerprint density at radius 2 is 1.71 bits per heavy atom. The Hall–Kier alpha value is -1.56. The third-order valence-electron chi connectivity index (χ3n) is 2.40. The molecule has 1 aromatic carbocycles. The summed E-state index contributed by atoms with van der Waals surface area (Å²) in [6.07, 6.45) is 0. The van der Waals surface area contributed by atoms with Crippen molar-refractivity contribution in [3.05, 3.63) is 17.7 Å². The molecular weight excluding hydrogens is 242 g/mol. The van der Waals surface area contributed by atoms with E-state index in [-0.39, 0.29) is 5.91 Å². The van der Waals surface area contributed by atoms with Crippen LogP contribution in [0.15, 0.2) is 12.1 Å². The lowest BCUT2D eigenvalue weighted by Crippen LogP contribution is -2.09. The minimum Gasteiger partial charge on any atom is -0.493 e. The van der Waals surface area contributed by atoms with Crippen LogP contribution in [0.1, 0.15) is 10.4 Å². The summed E-state index contributed by atoms with van der Waals surface area (Å²) in [6.45, 7) is 0. The molecule has 0 saturated carbocycles. The maximum Gasteiger partial charge on any atom is 0.264 e. The van der Waals surface area contributed by atoms with Crippen molar-refractivity contribution in [2.24, 2.45) is 0 Å². The fourth-order valence-corrected chi connectivity index (χ4v) is 1.89. The van der Waals surface area contributed by atoms with E-state index < -0.39 is 0 Å². The van der Waals surface area contributed by atoms with Crippen LogP contribution in [-0.2, 0) is 0 Å². The average Bonchev–Trinajstić information content (AvgIpc) is 3.20. The normalized spacial score (nSPS) is 13.2. The van der Waals surface area contributed by atoms with Gasteiger partial charge in [-0.25, -0.2) is 0 Å². The predicted octanol–water partition coefficient (Wildman–Crippen LogP) is 1.77. The average molecular weight is 255 g/mol. The Labute approximate surface area is 104 Å². The fraction of sp³-hybridized carbons (Fsp3) is 0.364. The van der Waals surface area contributed by atoms with E-state index in [2.05, 4.69) is 0 Å². The number of nitrogens with zero attached hydrogens (tertiary/aromatic N) is 1. The summed E-state index contributed by atoms with van der Waals surface area (Å²) in [5.41, 5.74) is 0.532. The van der Waals surface area contributed by atoms with Crippen LogP contribution >= 0.6 is 11.9 Å². The van der Waals surface area contributed by atoms with Crippen LogP contribution in [0.4, 0.5) is 0 Å². The minimum absolute atomic E-state index is 0.0470. The third-order valence-corrected chi connectivity index (χ3v) is 3.08. The SMILES string of the molecule is COc1cc(C(=O)N2CS2)cc(OC)c1OC. The lowest BCUT2D eigenvalue weighted by Gasteiger charge is -2.13. The van der Waals surface area contributed by atoms with E-state index in [0.717, 1.165) is 5.88 Å². The fourth-order valence-electron chi connectivity index (χ4n) is 1.49. The smallest absolute Gasteiger partial charge is 0.264 e. The molecule has 0 aromatic heterocycles. The number of rotatable bonds is 4. The van der Waals surface area contributed by atoms with Crippen LogP contribution < -0.4 is 14.2 Å². The summed E-state index contributed by atoms with van der Waals surface area (Å²) >= 11 is 1.48. The number of amides is 1. The van der Waals surface area contributed by atoms with E-state index in [4.69, 9.17) is 14.2 Å². The number of benzene rings is 1. The zero-order chi connectivity index (χ0) is 12.4. The molecule has 0 atom stereocenters. The summed E-state index contributed by atoms with van der Waals surface area (Å²) < 4.78 is 17.2.